The number of hydrogen-bond acceptors (Lipinski definition) is 1. The molecule has 2 aromatic rings. The van der Waals surface area contributed by atoms with E-state index in [-0.39, 0.29) is 5.56 Å². The van der Waals surface area contributed by atoms with Crippen LogP contribution < -0.4 is 0 Å². The number of carbonyl (C=O) groups excluding carboxylic acids is 1. The van der Waals surface area contributed by atoms with Crippen molar-refractivity contribution in [1.82, 2.24) is 0 Å². The summed E-state index contributed by atoms with van der Waals surface area (Å²) in [6.45, 7) is 4.24. The Morgan fingerprint density at radius 3 is 2.18 bits per heavy atom. The molecule has 0 bridgehead atoms. The third kappa shape index (κ3) is 3.75. The third-order valence-corrected chi connectivity index (χ3v) is 3.41. The molecule has 0 saturated heterocycles. The fourth-order valence-electron chi connectivity index (χ4n) is 2.39. The van der Waals surface area contributed by atoms with Gasteiger partial charge in [-0.1, -0.05) is 44.2 Å². The highest BCUT2D eigenvalue weighted by molar-refractivity contribution is 5.88. The van der Waals surface area contributed by atoms with Crippen molar-refractivity contribution in [2.45, 2.75) is 26.4 Å². The lowest BCUT2D eigenvalue weighted by Gasteiger charge is -2.11. The predicted octanol–water partition coefficient (Wildman–Crippen LogP) is 5.38. The van der Waals surface area contributed by atoms with Crippen LogP contribution in [0.25, 0.3) is 11.1 Å². The van der Waals surface area contributed by atoms with Crippen molar-refractivity contribution in [1.29, 1.82) is 0 Å². The van der Waals surface area contributed by atoms with E-state index in [0.717, 1.165) is 24.1 Å². The molecule has 0 unspecified atom stereocenters. The van der Waals surface area contributed by atoms with E-state index in [1.165, 1.54) is 11.6 Å². The van der Waals surface area contributed by atoms with Gasteiger partial charge < -0.3 is 0 Å². The molecule has 0 fully saturated rings. The smallest absolute Gasteiger partial charge is 0.298 e. The van der Waals surface area contributed by atoms with Crippen LogP contribution in [-0.4, -0.2) is 6.29 Å². The lowest BCUT2D eigenvalue weighted by molar-refractivity contribution is -0.137. The highest BCUT2D eigenvalue weighted by Gasteiger charge is 2.31. The standard InChI is InChI=1S/C18H17F3O/c1-12(2)9-13-3-5-14(6-4-13)17-8-7-16(18(19,20)21)10-15(17)11-22/h3-8,10-12H,9H2,1-2H3. The van der Waals surface area contributed by atoms with Crippen LogP contribution in [0.15, 0.2) is 42.5 Å². The number of rotatable bonds is 4. The zero-order chi connectivity index (χ0) is 16.3. The minimum atomic E-state index is -4.45. The first-order chi connectivity index (χ1) is 10.3. The normalized spacial score (nSPS) is 11.7. The molecule has 4 heteroatoms. The molecular weight excluding hydrogens is 289 g/mol. The summed E-state index contributed by atoms with van der Waals surface area (Å²) in [5.74, 6) is 0.530. The Morgan fingerprint density at radius 1 is 1.05 bits per heavy atom. The first-order valence-corrected chi connectivity index (χ1v) is 7.07. The number of aldehydes is 1. The largest absolute Gasteiger partial charge is 0.416 e. The van der Waals surface area contributed by atoms with Gasteiger partial charge in [0.2, 0.25) is 0 Å². The molecule has 0 aliphatic rings. The summed E-state index contributed by atoms with van der Waals surface area (Å²) in [4.78, 5) is 11.1. The molecule has 0 radical (unpaired) electrons. The highest BCUT2D eigenvalue weighted by Crippen LogP contribution is 2.33. The van der Waals surface area contributed by atoms with Gasteiger partial charge >= 0.3 is 6.18 Å². The van der Waals surface area contributed by atoms with Crippen LogP contribution in [0.2, 0.25) is 0 Å². The van der Waals surface area contributed by atoms with E-state index < -0.39 is 11.7 Å². The van der Waals surface area contributed by atoms with Crippen LogP contribution >= 0.6 is 0 Å². The molecule has 0 aliphatic heterocycles. The fourth-order valence-corrected chi connectivity index (χ4v) is 2.39. The van der Waals surface area contributed by atoms with Crippen LogP contribution in [0.5, 0.6) is 0 Å². The minimum absolute atomic E-state index is 0.0476. The molecule has 0 N–H and O–H groups in total. The maximum atomic E-state index is 12.7. The Balaban J connectivity index is 2.38. The van der Waals surface area contributed by atoms with Crippen molar-refractivity contribution in [3.8, 4) is 11.1 Å². The van der Waals surface area contributed by atoms with Crippen molar-refractivity contribution in [2.75, 3.05) is 0 Å². The summed E-state index contributed by atoms with van der Waals surface area (Å²) >= 11 is 0. The molecule has 22 heavy (non-hydrogen) atoms. The molecule has 0 amide bonds. The van der Waals surface area contributed by atoms with E-state index in [0.29, 0.717) is 17.8 Å². The lowest BCUT2D eigenvalue weighted by Crippen LogP contribution is -2.06. The van der Waals surface area contributed by atoms with Crippen LogP contribution in [0.1, 0.15) is 35.3 Å². The first-order valence-electron chi connectivity index (χ1n) is 7.07. The minimum Gasteiger partial charge on any atom is -0.298 e. The summed E-state index contributed by atoms with van der Waals surface area (Å²) in [5.41, 5.74) is 1.65. The van der Waals surface area contributed by atoms with E-state index in [1.807, 2.05) is 24.3 Å². The molecule has 2 rings (SSSR count). The van der Waals surface area contributed by atoms with Gasteiger partial charge in [0.25, 0.3) is 0 Å². The second kappa shape index (κ2) is 6.34. The fraction of sp³-hybridized carbons (Fsp3) is 0.278. The Bertz CT molecular complexity index is 655. The summed E-state index contributed by atoms with van der Waals surface area (Å²) in [6, 6.07) is 10.8. The maximum Gasteiger partial charge on any atom is 0.416 e. The maximum absolute atomic E-state index is 12.7. The van der Waals surface area contributed by atoms with Gasteiger partial charge in [0.05, 0.1) is 5.56 Å². The predicted molar refractivity (Wildman–Crippen MR) is 80.8 cm³/mol. The van der Waals surface area contributed by atoms with Gasteiger partial charge in [-0.15, -0.1) is 0 Å². The summed E-state index contributed by atoms with van der Waals surface area (Å²) in [7, 11) is 0. The van der Waals surface area contributed by atoms with Crippen molar-refractivity contribution >= 4 is 6.29 Å². The van der Waals surface area contributed by atoms with Gasteiger partial charge in [0.15, 0.2) is 6.29 Å². The van der Waals surface area contributed by atoms with E-state index in [2.05, 4.69) is 13.8 Å². The number of alkyl halides is 3. The molecule has 0 aliphatic carbocycles. The number of benzene rings is 2. The second-order valence-corrected chi connectivity index (χ2v) is 5.71. The van der Waals surface area contributed by atoms with E-state index in [4.69, 9.17) is 0 Å². The van der Waals surface area contributed by atoms with E-state index in [9.17, 15) is 18.0 Å². The van der Waals surface area contributed by atoms with Crippen molar-refractivity contribution in [3.05, 3.63) is 59.2 Å². The summed E-state index contributed by atoms with van der Waals surface area (Å²) in [6.07, 6.45) is -3.04. The van der Waals surface area contributed by atoms with Crippen molar-refractivity contribution in [2.24, 2.45) is 5.92 Å². The molecule has 0 heterocycles. The summed E-state index contributed by atoms with van der Waals surface area (Å²) < 4.78 is 38.1. The Labute approximate surface area is 127 Å². The third-order valence-electron chi connectivity index (χ3n) is 3.41. The molecule has 0 atom stereocenters. The highest BCUT2D eigenvalue weighted by atomic mass is 19.4. The SMILES string of the molecule is CC(C)Cc1ccc(-c2ccc(C(F)(F)F)cc2C=O)cc1. The number of halogens is 3. The summed E-state index contributed by atoms with van der Waals surface area (Å²) in [5, 5.41) is 0. The van der Waals surface area contributed by atoms with Crippen molar-refractivity contribution in [3.63, 3.8) is 0 Å². The average Bonchev–Trinajstić information content (AvgIpc) is 2.46. The van der Waals surface area contributed by atoms with E-state index >= 15 is 0 Å². The zero-order valence-corrected chi connectivity index (χ0v) is 12.4. The van der Waals surface area contributed by atoms with Crippen LogP contribution in [-0.2, 0) is 12.6 Å². The lowest BCUT2D eigenvalue weighted by atomic mass is 9.95. The zero-order valence-electron chi connectivity index (χ0n) is 12.4. The van der Waals surface area contributed by atoms with Crippen LogP contribution in [0.3, 0.4) is 0 Å². The average molecular weight is 306 g/mol. The first kappa shape index (κ1) is 16.3. The van der Waals surface area contributed by atoms with Gasteiger partial charge in [0.1, 0.15) is 0 Å². The molecule has 0 aromatic heterocycles. The van der Waals surface area contributed by atoms with Gasteiger partial charge in [-0.2, -0.15) is 13.2 Å². The van der Waals surface area contributed by atoms with Crippen molar-refractivity contribution < 1.29 is 18.0 Å². The molecular formula is C18H17F3O. The Kier molecular flexibility index (Phi) is 4.69. The van der Waals surface area contributed by atoms with E-state index in [1.54, 1.807) is 0 Å². The van der Waals surface area contributed by atoms with Gasteiger partial charge in [-0.05, 0) is 41.2 Å². The number of carbonyl (C=O) groups is 1. The molecule has 0 spiro atoms. The Morgan fingerprint density at radius 2 is 1.68 bits per heavy atom. The van der Waals surface area contributed by atoms with Gasteiger partial charge in [-0.3, -0.25) is 4.79 Å². The second-order valence-electron chi connectivity index (χ2n) is 5.71. The van der Waals surface area contributed by atoms with Crippen LogP contribution in [0.4, 0.5) is 13.2 Å². The monoisotopic (exact) mass is 306 g/mol. The molecule has 0 saturated carbocycles. The Hall–Kier alpha value is -2.10. The quantitative estimate of drug-likeness (QED) is 0.693. The molecule has 116 valence electrons. The van der Waals surface area contributed by atoms with Crippen LogP contribution in [0, 0.1) is 5.92 Å². The number of hydrogen-bond donors (Lipinski definition) is 0. The van der Waals surface area contributed by atoms with Gasteiger partial charge in [-0.25, -0.2) is 0 Å². The molecule has 1 nitrogen and oxygen atoms in total. The van der Waals surface area contributed by atoms with Gasteiger partial charge in [0, 0.05) is 5.56 Å². The topological polar surface area (TPSA) is 17.1 Å². The molecule has 2 aromatic carbocycles.